The van der Waals surface area contributed by atoms with Crippen molar-refractivity contribution in [2.24, 2.45) is 0 Å². The fourth-order valence-electron chi connectivity index (χ4n) is 3.58. The number of β-amino-alcohol motifs (C(OH)–C–C–N with tert-alkyl or cyclic N) is 1. The topological polar surface area (TPSA) is 90.8 Å². The summed E-state index contributed by atoms with van der Waals surface area (Å²) >= 11 is 5.08. The Kier molecular flexibility index (Phi) is 7.36. The van der Waals surface area contributed by atoms with Gasteiger partial charge in [0.1, 0.15) is 5.75 Å². The number of hydrogen-bond donors (Lipinski definition) is 2. The molecule has 0 bridgehead atoms. The van der Waals surface area contributed by atoms with Crippen molar-refractivity contribution in [2.45, 2.75) is 0 Å². The summed E-state index contributed by atoms with van der Waals surface area (Å²) in [6.45, 7) is 3.47. The number of methoxy groups -OCH3 is 1. The standard InChI is InChI=1S/C22H24BrN5O3S/c1-31-18-3-2-15(14-16(18)21(30)28-10-8-27(9-11-28)12-13-29)25-22-24-7-6-17(26-22)19-4-5-20(23)32-19/h2-7,14,29H,8-13H2,1H3,(H,24,25,26). The number of nitrogens with one attached hydrogen (secondary N) is 1. The van der Waals surface area contributed by atoms with Gasteiger partial charge < -0.3 is 20.1 Å². The first-order valence-corrected chi connectivity index (χ1v) is 11.8. The third-order valence-electron chi connectivity index (χ3n) is 5.24. The van der Waals surface area contributed by atoms with Gasteiger partial charge >= 0.3 is 0 Å². The summed E-state index contributed by atoms with van der Waals surface area (Å²) in [4.78, 5) is 27.1. The van der Waals surface area contributed by atoms with Gasteiger partial charge in [0.2, 0.25) is 5.95 Å². The van der Waals surface area contributed by atoms with Gasteiger partial charge in [0.15, 0.2) is 0 Å². The minimum atomic E-state index is -0.0766. The number of rotatable bonds is 7. The van der Waals surface area contributed by atoms with Crippen LogP contribution < -0.4 is 10.1 Å². The lowest BCUT2D eigenvalue weighted by molar-refractivity contribution is 0.0612. The molecule has 0 atom stereocenters. The summed E-state index contributed by atoms with van der Waals surface area (Å²) in [5.74, 6) is 0.900. The Hall–Kier alpha value is -2.53. The van der Waals surface area contributed by atoms with Gasteiger partial charge in [-0.1, -0.05) is 0 Å². The van der Waals surface area contributed by atoms with Crippen molar-refractivity contribution in [3.8, 4) is 16.3 Å². The molecule has 0 spiro atoms. The molecule has 1 amide bonds. The molecule has 4 rings (SSSR count). The fourth-order valence-corrected chi connectivity index (χ4v) is 4.93. The predicted octanol–water partition coefficient (Wildman–Crippen LogP) is 3.47. The zero-order valence-electron chi connectivity index (χ0n) is 17.6. The smallest absolute Gasteiger partial charge is 0.257 e. The number of ether oxygens (including phenoxy) is 1. The number of anilines is 2. The highest BCUT2D eigenvalue weighted by atomic mass is 79.9. The molecule has 0 unspecified atom stereocenters. The number of piperazine rings is 1. The van der Waals surface area contributed by atoms with Crippen LogP contribution >= 0.6 is 27.3 Å². The maximum atomic E-state index is 13.2. The van der Waals surface area contributed by atoms with Crippen molar-refractivity contribution < 1.29 is 14.6 Å². The molecule has 2 aromatic heterocycles. The molecule has 0 radical (unpaired) electrons. The van der Waals surface area contributed by atoms with Crippen LogP contribution in [0.2, 0.25) is 0 Å². The molecule has 32 heavy (non-hydrogen) atoms. The summed E-state index contributed by atoms with van der Waals surface area (Å²) in [5, 5.41) is 12.3. The molecular weight excluding hydrogens is 494 g/mol. The number of carbonyl (C=O) groups excluding carboxylic acids is 1. The molecule has 1 aromatic carbocycles. The number of halogens is 1. The van der Waals surface area contributed by atoms with Crippen LogP contribution in [0.15, 0.2) is 46.4 Å². The predicted molar refractivity (Wildman–Crippen MR) is 129 cm³/mol. The lowest BCUT2D eigenvalue weighted by atomic mass is 10.1. The Labute approximate surface area is 199 Å². The van der Waals surface area contributed by atoms with E-state index in [2.05, 4.69) is 36.1 Å². The number of aromatic nitrogens is 2. The lowest BCUT2D eigenvalue weighted by Crippen LogP contribution is -2.49. The Balaban J connectivity index is 1.52. The summed E-state index contributed by atoms with van der Waals surface area (Å²) in [7, 11) is 1.56. The van der Waals surface area contributed by atoms with E-state index in [0.29, 0.717) is 42.6 Å². The maximum absolute atomic E-state index is 13.2. The molecule has 1 fully saturated rings. The molecule has 0 saturated carbocycles. The van der Waals surface area contributed by atoms with E-state index in [0.717, 1.165) is 27.4 Å². The Morgan fingerprint density at radius 1 is 1.22 bits per heavy atom. The number of amides is 1. The number of thiophene rings is 1. The summed E-state index contributed by atoms with van der Waals surface area (Å²) in [6.07, 6.45) is 1.71. The van der Waals surface area contributed by atoms with Crippen LogP contribution in [0.5, 0.6) is 5.75 Å². The van der Waals surface area contributed by atoms with Gasteiger partial charge in [0.25, 0.3) is 5.91 Å². The number of hydrogen-bond acceptors (Lipinski definition) is 8. The minimum Gasteiger partial charge on any atom is -0.496 e. The van der Waals surface area contributed by atoms with Crippen molar-refractivity contribution in [3.05, 3.63) is 51.9 Å². The first kappa shape index (κ1) is 22.7. The van der Waals surface area contributed by atoms with E-state index >= 15 is 0 Å². The molecule has 3 aromatic rings. The summed E-state index contributed by atoms with van der Waals surface area (Å²) in [6, 6.07) is 11.2. The van der Waals surface area contributed by atoms with E-state index in [9.17, 15) is 4.79 Å². The number of benzene rings is 1. The molecule has 0 aliphatic carbocycles. The van der Waals surface area contributed by atoms with Gasteiger partial charge in [-0.2, -0.15) is 0 Å². The summed E-state index contributed by atoms with van der Waals surface area (Å²) in [5.41, 5.74) is 2.02. The monoisotopic (exact) mass is 517 g/mol. The molecule has 1 aliphatic rings. The number of carbonyl (C=O) groups is 1. The lowest BCUT2D eigenvalue weighted by Gasteiger charge is -2.34. The highest BCUT2D eigenvalue weighted by molar-refractivity contribution is 9.11. The highest BCUT2D eigenvalue weighted by Gasteiger charge is 2.24. The van der Waals surface area contributed by atoms with Crippen molar-refractivity contribution in [1.29, 1.82) is 0 Å². The molecule has 8 nitrogen and oxygen atoms in total. The second kappa shape index (κ2) is 10.4. The Morgan fingerprint density at radius 2 is 2.03 bits per heavy atom. The van der Waals surface area contributed by atoms with Crippen LogP contribution in [-0.2, 0) is 0 Å². The zero-order chi connectivity index (χ0) is 22.5. The third-order valence-corrected chi connectivity index (χ3v) is 6.89. The molecule has 10 heteroatoms. The quantitative estimate of drug-likeness (QED) is 0.495. The maximum Gasteiger partial charge on any atom is 0.257 e. The van der Waals surface area contributed by atoms with E-state index in [-0.39, 0.29) is 12.5 Å². The average Bonchev–Trinajstić information content (AvgIpc) is 3.26. The second-order valence-electron chi connectivity index (χ2n) is 7.27. The van der Waals surface area contributed by atoms with Crippen molar-refractivity contribution in [3.63, 3.8) is 0 Å². The van der Waals surface area contributed by atoms with E-state index in [1.54, 1.807) is 36.8 Å². The van der Waals surface area contributed by atoms with Gasteiger partial charge in [0, 0.05) is 44.6 Å². The van der Waals surface area contributed by atoms with E-state index in [1.165, 1.54) is 0 Å². The van der Waals surface area contributed by atoms with E-state index in [1.807, 2.05) is 29.2 Å². The van der Waals surface area contributed by atoms with Gasteiger partial charge in [-0.3, -0.25) is 9.69 Å². The molecule has 1 saturated heterocycles. The minimum absolute atomic E-state index is 0.0766. The Morgan fingerprint density at radius 3 is 2.72 bits per heavy atom. The van der Waals surface area contributed by atoms with Gasteiger partial charge in [-0.15, -0.1) is 11.3 Å². The van der Waals surface area contributed by atoms with Gasteiger partial charge in [0.05, 0.1) is 33.6 Å². The van der Waals surface area contributed by atoms with Crippen LogP contribution in [0.4, 0.5) is 11.6 Å². The van der Waals surface area contributed by atoms with Crippen molar-refractivity contribution in [1.82, 2.24) is 19.8 Å². The number of aliphatic hydroxyl groups is 1. The van der Waals surface area contributed by atoms with Crippen LogP contribution in [0.3, 0.4) is 0 Å². The number of nitrogens with zero attached hydrogens (tertiary/aromatic N) is 4. The fraction of sp³-hybridized carbons (Fsp3) is 0.318. The van der Waals surface area contributed by atoms with Crippen LogP contribution in [0.25, 0.3) is 10.6 Å². The van der Waals surface area contributed by atoms with Gasteiger partial charge in [-0.25, -0.2) is 9.97 Å². The molecule has 2 N–H and O–H groups in total. The normalized spacial score (nSPS) is 14.4. The van der Waals surface area contributed by atoms with Crippen LogP contribution in [0, 0.1) is 0 Å². The zero-order valence-corrected chi connectivity index (χ0v) is 20.0. The first-order valence-electron chi connectivity index (χ1n) is 10.2. The van der Waals surface area contributed by atoms with Crippen molar-refractivity contribution in [2.75, 3.05) is 51.8 Å². The third kappa shape index (κ3) is 5.26. The second-order valence-corrected chi connectivity index (χ2v) is 9.73. The van der Waals surface area contributed by atoms with Crippen LogP contribution in [-0.4, -0.2) is 77.2 Å². The highest BCUT2D eigenvalue weighted by Crippen LogP contribution is 2.31. The Bertz CT molecular complexity index is 1080. The van der Waals surface area contributed by atoms with Crippen LogP contribution in [0.1, 0.15) is 10.4 Å². The van der Waals surface area contributed by atoms with Gasteiger partial charge in [-0.05, 0) is 52.3 Å². The average molecular weight is 518 g/mol. The first-order chi connectivity index (χ1) is 15.6. The molecule has 168 valence electrons. The molecule has 3 heterocycles. The largest absolute Gasteiger partial charge is 0.496 e. The van der Waals surface area contributed by atoms with E-state index < -0.39 is 0 Å². The van der Waals surface area contributed by atoms with E-state index in [4.69, 9.17) is 9.84 Å². The summed E-state index contributed by atoms with van der Waals surface area (Å²) < 4.78 is 6.49. The molecular formula is C22H24BrN5O3S. The SMILES string of the molecule is COc1ccc(Nc2nccc(-c3ccc(Br)s3)n2)cc1C(=O)N1CCN(CCO)CC1. The van der Waals surface area contributed by atoms with Crippen molar-refractivity contribution >= 4 is 44.8 Å². The molecule has 1 aliphatic heterocycles. The number of aliphatic hydroxyl groups excluding tert-OH is 1.